The summed E-state index contributed by atoms with van der Waals surface area (Å²) < 4.78 is 10.4. The van der Waals surface area contributed by atoms with Crippen molar-refractivity contribution in [1.29, 1.82) is 0 Å². The lowest BCUT2D eigenvalue weighted by molar-refractivity contribution is -0.121. The van der Waals surface area contributed by atoms with Crippen LogP contribution in [0, 0.1) is 19.8 Å². The Kier molecular flexibility index (Phi) is 9.27. The normalized spacial score (nSPS) is 11.0. The molecule has 142 valence electrons. The molecule has 6 heteroatoms. The van der Waals surface area contributed by atoms with E-state index in [0.29, 0.717) is 49.9 Å². The molecule has 0 unspecified atom stereocenters. The number of carbonyl (C=O) groups excluding carboxylic acids is 2. The van der Waals surface area contributed by atoms with E-state index in [1.165, 1.54) is 0 Å². The van der Waals surface area contributed by atoms with E-state index in [2.05, 4.69) is 19.2 Å². The Hall–Kier alpha value is -1.82. The topological polar surface area (TPSA) is 71.8 Å². The smallest absolute Gasteiger partial charge is 0.257 e. The molecular weight excluding hydrogens is 320 g/mol. The van der Waals surface area contributed by atoms with Crippen molar-refractivity contribution in [2.24, 2.45) is 5.92 Å². The first-order valence-corrected chi connectivity index (χ1v) is 8.97. The summed E-state index contributed by atoms with van der Waals surface area (Å²) in [5.74, 6) is 1.73. The van der Waals surface area contributed by atoms with Crippen LogP contribution in [-0.4, -0.2) is 50.1 Å². The average Bonchev–Trinajstić information content (AvgIpc) is 2.89. The lowest BCUT2D eigenvalue weighted by Gasteiger charge is -2.23. The molecule has 2 amide bonds. The van der Waals surface area contributed by atoms with Gasteiger partial charge in [0.15, 0.2) is 0 Å². The third kappa shape index (κ3) is 7.73. The fourth-order valence-corrected chi connectivity index (χ4v) is 2.51. The third-order valence-corrected chi connectivity index (χ3v) is 3.99. The Bertz CT molecular complexity index is 552. The van der Waals surface area contributed by atoms with Crippen LogP contribution in [0.15, 0.2) is 10.5 Å². The van der Waals surface area contributed by atoms with Gasteiger partial charge in [-0.3, -0.25) is 9.59 Å². The van der Waals surface area contributed by atoms with Gasteiger partial charge in [0.1, 0.15) is 11.5 Å². The highest BCUT2D eigenvalue weighted by Gasteiger charge is 2.21. The standard InChI is InChI=1S/C19H32N2O4/c1-14(2)7-10-21(11-8-18(22)20-9-6-12-24-5)19(23)17-13-15(3)25-16(17)4/h13-14H,6-12H2,1-5H3,(H,20,22). The molecule has 1 N–H and O–H groups in total. The number of carbonyl (C=O) groups is 2. The molecule has 0 fully saturated rings. The number of amides is 2. The number of nitrogens with zero attached hydrogens (tertiary/aromatic N) is 1. The van der Waals surface area contributed by atoms with Crippen LogP contribution in [0.5, 0.6) is 0 Å². The number of nitrogens with one attached hydrogen (secondary N) is 1. The van der Waals surface area contributed by atoms with E-state index < -0.39 is 0 Å². The molecule has 1 heterocycles. The van der Waals surface area contributed by atoms with Gasteiger partial charge < -0.3 is 19.4 Å². The molecular formula is C19H32N2O4. The minimum atomic E-state index is -0.0674. The monoisotopic (exact) mass is 352 g/mol. The van der Waals surface area contributed by atoms with Crippen LogP contribution in [0.1, 0.15) is 55.0 Å². The van der Waals surface area contributed by atoms with Crippen LogP contribution < -0.4 is 5.32 Å². The SMILES string of the molecule is COCCCNC(=O)CCN(CCC(C)C)C(=O)c1cc(C)oc1C. The van der Waals surface area contributed by atoms with Crippen molar-refractivity contribution in [3.63, 3.8) is 0 Å². The molecule has 0 aliphatic carbocycles. The third-order valence-electron chi connectivity index (χ3n) is 3.99. The Morgan fingerprint density at radius 2 is 2.00 bits per heavy atom. The van der Waals surface area contributed by atoms with Crippen molar-refractivity contribution in [1.82, 2.24) is 10.2 Å². The number of aryl methyl sites for hydroxylation is 2. The summed E-state index contributed by atoms with van der Waals surface area (Å²) in [4.78, 5) is 26.5. The molecule has 1 aromatic rings. The highest BCUT2D eigenvalue weighted by molar-refractivity contribution is 5.95. The van der Waals surface area contributed by atoms with Gasteiger partial charge in [0.25, 0.3) is 5.91 Å². The van der Waals surface area contributed by atoms with Crippen LogP contribution in [-0.2, 0) is 9.53 Å². The van der Waals surface area contributed by atoms with Gasteiger partial charge in [0, 0.05) is 39.8 Å². The summed E-state index contributed by atoms with van der Waals surface area (Å²) in [6.07, 6.45) is 1.98. The maximum absolute atomic E-state index is 12.8. The van der Waals surface area contributed by atoms with E-state index in [1.54, 1.807) is 25.0 Å². The Morgan fingerprint density at radius 1 is 1.28 bits per heavy atom. The molecule has 0 atom stereocenters. The van der Waals surface area contributed by atoms with Crippen LogP contribution in [0.25, 0.3) is 0 Å². The van der Waals surface area contributed by atoms with Crippen molar-refractivity contribution in [3.8, 4) is 0 Å². The van der Waals surface area contributed by atoms with Crippen LogP contribution in [0.3, 0.4) is 0 Å². The van der Waals surface area contributed by atoms with Gasteiger partial charge in [-0.2, -0.15) is 0 Å². The van der Waals surface area contributed by atoms with E-state index in [9.17, 15) is 9.59 Å². The lowest BCUT2D eigenvalue weighted by atomic mass is 10.1. The van der Waals surface area contributed by atoms with E-state index in [-0.39, 0.29) is 11.8 Å². The molecule has 0 aliphatic rings. The van der Waals surface area contributed by atoms with Crippen LogP contribution in [0.4, 0.5) is 0 Å². The first-order valence-electron chi connectivity index (χ1n) is 8.97. The molecule has 1 rings (SSSR count). The van der Waals surface area contributed by atoms with Crippen LogP contribution in [0.2, 0.25) is 0 Å². The van der Waals surface area contributed by atoms with Gasteiger partial charge in [-0.1, -0.05) is 13.8 Å². The van der Waals surface area contributed by atoms with Gasteiger partial charge in [-0.15, -0.1) is 0 Å². The van der Waals surface area contributed by atoms with E-state index >= 15 is 0 Å². The second-order valence-electron chi connectivity index (χ2n) is 6.75. The average molecular weight is 352 g/mol. The fraction of sp³-hybridized carbons (Fsp3) is 0.684. The zero-order valence-electron chi connectivity index (χ0n) is 16.2. The first kappa shape index (κ1) is 21.2. The molecule has 0 aromatic carbocycles. The molecule has 0 radical (unpaired) electrons. The Labute approximate surface area is 150 Å². The molecule has 25 heavy (non-hydrogen) atoms. The van der Waals surface area contributed by atoms with E-state index in [0.717, 1.165) is 18.6 Å². The van der Waals surface area contributed by atoms with Gasteiger partial charge >= 0.3 is 0 Å². The number of methoxy groups -OCH3 is 1. The first-order chi connectivity index (χ1) is 11.8. The van der Waals surface area contributed by atoms with Crippen molar-refractivity contribution in [3.05, 3.63) is 23.2 Å². The van der Waals surface area contributed by atoms with Gasteiger partial charge in [-0.25, -0.2) is 0 Å². The second kappa shape index (κ2) is 10.9. The van der Waals surface area contributed by atoms with Crippen molar-refractivity contribution in [2.45, 2.75) is 47.0 Å². The van der Waals surface area contributed by atoms with E-state index in [1.807, 2.05) is 6.92 Å². The summed E-state index contributed by atoms with van der Waals surface area (Å²) in [7, 11) is 1.64. The number of ether oxygens (including phenoxy) is 1. The number of hydrogen-bond acceptors (Lipinski definition) is 4. The largest absolute Gasteiger partial charge is 0.466 e. The zero-order valence-corrected chi connectivity index (χ0v) is 16.2. The fourth-order valence-electron chi connectivity index (χ4n) is 2.51. The Morgan fingerprint density at radius 3 is 2.56 bits per heavy atom. The number of furan rings is 1. The maximum atomic E-state index is 12.8. The summed E-state index contributed by atoms with van der Waals surface area (Å²) in [6, 6.07) is 1.77. The van der Waals surface area contributed by atoms with Gasteiger partial charge in [-0.05, 0) is 38.7 Å². The highest BCUT2D eigenvalue weighted by atomic mass is 16.5. The Balaban J connectivity index is 2.62. The molecule has 0 aliphatic heterocycles. The molecule has 1 aromatic heterocycles. The van der Waals surface area contributed by atoms with Gasteiger partial charge in [0.05, 0.1) is 5.56 Å². The molecule has 0 spiro atoms. The second-order valence-corrected chi connectivity index (χ2v) is 6.75. The minimum Gasteiger partial charge on any atom is -0.466 e. The van der Waals surface area contributed by atoms with Crippen molar-refractivity contribution in [2.75, 3.05) is 33.4 Å². The van der Waals surface area contributed by atoms with Crippen LogP contribution >= 0.6 is 0 Å². The van der Waals surface area contributed by atoms with Crippen molar-refractivity contribution < 1.29 is 18.7 Å². The summed E-state index contributed by atoms with van der Waals surface area (Å²) in [6.45, 7) is 10.1. The maximum Gasteiger partial charge on any atom is 0.257 e. The van der Waals surface area contributed by atoms with Crippen molar-refractivity contribution >= 4 is 11.8 Å². The zero-order chi connectivity index (χ0) is 18.8. The quantitative estimate of drug-likeness (QED) is 0.622. The highest BCUT2D eigenvalue weighted by Crippen LogP contribution is 2.17. The number of rotatable bonds is 11. The molecule has 6 nitrogen and oxygen atoms in total. The molecule has 0 saturated carbocycles. The summed E-state index contributed by atoms with van der Waals surface area (Å²) >= 11 is 0. The van der Waals surface area contributed by atoms with E-state index in [4.69, 9.17) is 9.15 Å². The molecule has 0 saturated heterocycles. The summed E-state index contributed by atoms with van der Waals surface area (Å²) in [5.41, 5.74) is 0.585. The predicted octanol–water partition coefficient (Wildman–Crippen LogP) is 2.93. The summed E-state index contributed by atoms with van der Waals surface area (Å²) in [5, 5.41) is 2.86. The lowest BCUT2D eigenvalue weighted by Crippen LogP contribution is -2.36. The van der Waals surface area contributed by atoms with Gasteiger partial charge in [0.2, 0.25) is 5.91 Å². The number of hydrogen-bond donors (Lipinski definition) is 1. The predicted molar refractivity (Wildman–Crippen MR) is 97.7 cm³/mol. The minimum absolute atomic E-state index is 0.0430. The molecule has 0 bridgehead atoms.